The summed E-state index contributed by atoms with van der Waals surface area (Å²) in [5.41, 5.74) is 9.20. The number of anilines is 1. The van der Waals surface area contributed by atoms with Gasteiger partial charge in [-0.2, -0.15) is 0 Å². The second-order valence-corrected chi connectivity index (χ2v) is 5.70. The van der Waals surface area contributed by atoms with E-state index in [0.717, 1.165) is 15.7 Å². The van der Waals surface area contributed by atoms with Gasteiger partial charge in [0.05, 0.1) is 6.04 Å². The van der Waals surface area contributed by atoms with Crippen LogP contribution in [-0.2, 0) is 0 Å². The standard InChI is InChI=1S/C16H18BrFN2/c1-11-3-4-12(9-15(11)17)16(10-19)20(2)14-7-5-13(18)6-8-14/h3-9,16H,10,19H2,1-2H3. The van der Waals surface area contributed by atoms with Crippen molar-refractivity contribution in [2.75, 3.05) is 18.5 Å². The Morgan fingerprint density at radius 3 is 2.40 bits per heavy atom. The molecule has 2 aromatic rings. The topological polar surface area (TPSA) is 29.3 Å². The molecule has 0 aliphatic heterocycles. The average Bonchev–Trinajstić information content (AvgIpc) is 2.44. The summed E-state index contributed by atoms with van der Waals surface area (Å²) in [6.07, 6.45) is 0. The van der Waals surface area contributed by atoms with E-state index in [1.54, 1.807) is 12.1 Å². The summed E-state index contributed by atoms with van der Waals surface area (Å²) in [6.45, 7) is 2.54. The van der Waals surface area contributed by atoms with Crippen molar-refractivity contribution >= 4 is 21.6 Å². The maximum absolute atomic E-state index is 13.0. The van der Waals surface area contributed by atoms with Gasteiger partial charge >= 0.3 is 0 Å². The summed E-state index contributed by atoms with van der Waals surface area (Å²) in [5.74, 6) is -0.232. The van der Waals surface area contributed by atoms with Crippen molar-refractivity contribution in [3.05, 3.63) is 63.9 Å². The molecule has 0 bridgehead atoms. The van der Waals surface area contributed by atoms with Crippen molar-refractivity contribution in [3.8, 4) is 0 Å². The van der Waals surface area contributed by atoms with Crippen LogP contribution >= 0.6 is 15.9 Å². The first-order valence-corrected chi connectivity index (χ1v) is 7.26. The number of nitrogens with zero attached hydrogens (tertiary/aromatic N) is 1. The second kappa shape index (κ2) is 6.37. The van der Waals surface area contributed by atoms with Gasteiger partial charge < -0.3 is 10.6 Å². The first kappa shape index (κ1) is 15.0. The summed E-state index contributed by atoms with van der Waals surface area (Å²) in [6, 6.07) is 12.8. The molecule has 2 N–H and O–H groups in total. The number of rotatable bonds is 4. The van der Waals surface area contributed by atoms with Gasteiger partial charge in [0, 0.05) is 23.8 Å². The number of aryl methyl sites for hydroxylation is 1. The lowest BCUT2D eigenvalue weighted by molar-refractivity contribution is 0.626. The number of hydrogen-bond acceptors (Lipinski definition) is 2. The van der Waals surface area contributed by atoms with E-state index in [-0.39, 0.29) is 11.9 Å². The third-order valence-corrected chi connectivity index (χ3v) is 4.36. The quantitative estimate of drug-likeness (QED) is 0.913. The highest BCUT2D eigenvalue weighted by molar-refractivity contribution is 9.10. The Labute approximate surface area is 127 Å². The minimum Gasteiger partial charge on any atom is -0.366 e. The Morgan fingerprint density at radius 2 is 1.85 bits per heavy atom. The van der Waals surface area contributed by atoms with Crippen molar-refractivity contribution < 1.29 is 4.39 Å². The summed E-state index contributed by atoms with van der Waals surface area (Å²) < 4.78 is 14.1. The van der Waals surface area contributed by atoms with E-state index in [4.69, 9.17) is 5.73 Å². The number of halogens is 2. The molecule has 0 heterocycles. The van der Waals surface area contributed by atoms with Gasteiger partial charge in [-0.25, -0.2) is 4.39 Å². The molecule has 2 nitrogen and oxygen atoms in total. The molecule has 2 aromatic carbocycles. The molecule has 0 aliphatic carbocycles. The lowest BCUT2D eigenvalue weighted by Crippen LogP contribution is -2.30. The first-order valence-electron chi connectivity index (χ1n) is 6.47. The third-order valence-electron chi connectivity index (χ3n) is 3.51. The van der Waals surface area contributed by atoms with Crippen LogP contribution in [0.25, 0.3) is 0 Å². The fourth-order valence-corrected chi connectivity index (χ4v) is 2.59. The van der Waals surface area contributed by atoms with E-state index >= 15 is 0 Å². The molecule has 1 unspecified atom stereocenters. The van der Waals surface area contributed by atoms with Crippen molar-refractivity contribution in [3.63, 3.8) is 0 Å². The fraction of sp³-hybridized carbons (Fsp3) is 0.250. The zero-order valence-corrected chi connectivity index (χ0v) is 13.2. The third kappa shape index (κ3) is 3.19. The fourth-order valence-electron chi connectivity index (χ4n) is 2.19. The Kier molecular flexibility index (Phi) is 4.78. The minimum absolute atomic E-state index is 0.0531. The SMILES string of the molecule is Cc1ccc(C(CN)N(C)c2ccc(F)cc2)cc1Br. The highest BCUT2D eigenvalue weighted by Crippen LogP contribution is 2.28. The second-order valence-electron chi connectivity index (χ2n) is 4.85. The molecule has 0 radical (unpaired) electrons. The molecule has 2 rings (SSSR count). The van der Waals surface area contributed by atoms with Crippen LogP contribution in [0.4, 0.5) is 10.1 Å². The number of benzene rings is 2. The van der Waals surface area contributed by atoms with E-state index in [1.165, 1.54) is 17.7 Å². The lowest BCUT2D eigenvalue weighted by Gasteiger charge is -2.29. The summed E-state index contributed by atoms with van der Waals surface area (Å²) in [7, 11) is 1.97. The average molecular weight is 337 g/mol. The number of likely N-dealkylation sites (N-methyl/N-ethyl adjacent to an activating group) is 1. The first-order chi connectivity index (χ1) is 9.52. The predicted molar refractivity (Wildman–Crippen MR) is 85.5 cm³/mol. The van der Waals surface area contributed by atoms with E-state index in [9.17, 15) is 4.39 Å². The zero-order valence-electron chi connectivity index (χ0n) is 11.6. The van der Waals surface area contributed by atoms with E-state index in [2.05, 4.69) is 46.0 Å². The maximum atomic E-state index is 13.0. The Hall–Kier alpha value is -1.39. The molecule has 106 valence electrons. The lowest BCUT2D eigenvalue weighted by atomic mass is 10.0. The van der Waals surface area contributed by atoms with Crippen LogP contribution in [0, 0.1) is 12.7 Å². The Morgan fingerprint density at radius 1 is 1.20 bits per heavy atom. The van der Waals surface area contributed by atoms with Gasteiger partial charge in [0.25, 0.3) is 0 Å². The van der Waals surface area contributed by atoms with Crippen LogP contribution in [0.15, 0.2) is 46.9 Å². The smallest absolute Gasteiger partial charge is 0.123 e. The van der Waals surface area contributed by atoms with Gasteiger partial charge in [-0.05, 0) is 48.4 Å². The molecular weight excluding hydrogens is 319 g/mol. The van der Waals surface area contributed by atoms with Crippen molar-refractivity contribution in [2.24, 2.45) is 5.73 Å². The molecule has 0 spiro atoms. The molecule has 0 fully saturated rings. The zero-order chi connectivity index (χ0) is 14.7. The van der Waals surface area contributed by atoms with E-state index < -0.39 is 0 Å². The van der Waals surface area contributed by atoms with Crippen LogP contribution in [0.2, 0.25) is 0 Å². The van der Waals surface area contributed by atoms with Crippen molar-refractivity contribution in [2.45, 2.75) is 13.0 Å². The Balaban J connectivity index is 2.31. The monoisotopic (exact) mass is 336 g/mol. The molecule has 20 heavy (non-hydrogen) atoms. The molecule has 1 atom stereocenters. The van der Waals surface area contributed by atoms with Crippen molar-refractivity contribution in [1.29, 1.82) is 0 Å². The van der Waals surface area contributed by atoms with Gasteiger partial charge in [0.1, 0.15) is 5.82 Å². The molecular formula is C16H18BrFN2. The van der Waals surface area contributed by atoms with Crippen molar-refractivity contribution in [1.82, 2.24) is 0 Å². The van der Waals surface area contributed by atoms with Crippen LogP contribution in [0.5, 0.6) is 0 Å². The minimum atomic E-state index is -0.232. The van der Waals surface area contributed by atoms with E-state index in [0.29, 0.717) is 6.54 Å². The van der Waals surface area contributed by atoms with E-state index in [1.807, 2.05) is 7.05 Å². The molecule has 0 aromatic heterocycles. The molecule has 0 saturated heterocycles. The van der Waals surface area contributed by atoms with Gasteiger partial charge in [-0.3, -0.25) is 0 Å². The van der Waals surface area contributed by atoms with Crippen LogP contribution in [0.1, 0.15) is 17.2 Å². The number of nitrogens with two attached hydrogens (primary N) is 1. The van der Waals surface area contributed by atoms with Crippen LogP contribution in [0.3, 0.4) is 0 Å². The maximum Gasteiger partial charge on any atom is 0.123 e. The number of hydrogen-bond donors (Lipinski definition) is 1. The largest absolute Gasteiger partial charge is 0.366 e. The van der Waals surface area contributed by atoms with Crippen LogP contribution in [-0.4, -0.2) is 13.6 Å². The predicted octanol–water partition coefficient (Wildman–Crippen LogP) is 4.03. The van der Waals surface area contributed by atoms with Gasteiger partial charge in [-0.15, -0.1) is 0 Å². The summed E-state index contributed by atoms with van der Waals surface area (Å²) in [5, 5.41) is 0. The van der Waals surface area contributed by atoms with Gasteiger partial charge in [0.2, 0.25) is 0 Å². The van der Waals surface area contributed by atoms with Gasteiger partial charge in [-0.1, -0.05) is 28.1 Å². The highest BCUT2D eigenvalue weighted by Gasteiger charge is 2.16. The molecule has 0 amide bonds. The van der Waals surface area contributed by atoms with Crippen LogP contribution < -0.4 is 10.6 Å². The summed E-state index contributed by atoms with van der Waals surface area (Å²) in [4.78, 5) is 2.07. The molecule has 0 saturated carbocycles. The summed E-state index contributed by atoms with van der Waals surface area (Å²) >= 11 is 3.55. The Bertz CT molecular complexity index is 584. The van der Waals surface area contributed by atoms with Gasteiger partial charge in [0.15, 0.2) is 0 Å². The molecule has 0 aliphatic rings. The normalized spacial score (nSPS) is 12.2. The highest BCUT2D eigenvalue weighted by atomic mass is 79.9. The molecule has 4 heteroatoms.